The molecule has 2 nitrogen and oxygen atoms in total. The molecule has 82 valence electrons. The highest BCUT2D eigenvalue weighted by Crippen LogP contribution is 2.47. The Balaban J connectivity index is 2.23. The zero-order chi connectivity index (χ0) is 10.8. The predicted molar refractivity (Wildman–Crippen MR) is 60.1 cm³/mol. The molecule has 0 saturated heterocycles. The van der Waals surface area contributed by atoms with Crippen LogP contribution >= 0.6 is 0 Å². The van der Waals surface area contributed by atoms with Crippen molar-refractivity contribution < 1.29 is 9.84 Å². The van der Waals surface area contributed by atoms with E-state index in [1.807, 2.05) is 18.2 Å². The normalized spacial score (nSPS) is 29.7. The van der Waals surface area contributed by atoms with Gasteiger partial charge in [0.1, 0.15) is 5.75 Å². The number of hydrogen-bond donors (Lipinski definition) is 1. The second-order valence-electron chi connectivity index (χ2n) is 4.22. The summed E-state index contributed by atoms with van der Waals surface area (Å²) in [6, 6.07) is 8.12. The van der Waals surface area contributed by atoms with E-state index in [1.165, 1.54) is 5.56 Å². The smallest absolute Gasteiger partial charge is 0.122 e. The summed E-state index contributed by atoms with van der Waals surface area (Å²) < 4.78 is 5.35. The largest absolute Gasteiger partial charge is 0.496 e. The average molecular weight is 206 g/mol. The number of aliphatic hydroxyl groups is 1. The van der Waals surface area contributed by atoms with Crippen molar-refractivity contribution in [1.82, 2.24) is 0 Å². The van der Waals surface area contributed by atoms with Crippen molar-refractivity contribution in [2.75, 3.05) is 7.11 Å². The molecule has 1 aromatic carbocycles. The molecule has 0 aliphatic heterocycles. The molecule has 0 bridgehead atoms. The molecular formula is C13H18O2. The second kappa shape index (κ2) is 4.23. The van der Waals surface area contributed by atoms with Gasteiger partial charge in [0, 0.05) is 0 Å². The van der Waals surface area contributed by atoms with Gasteiger partial charge < -0.3 is 9.84 Å². The highest BCUT2D eigenvalue weighted by atomic mass is 16.5. The number of para-hydroxylation sites is 1. The Kier molecular flexibility index (Phi) is 2.96. The maximum absolute atomic E-state index is 9.66. The summed E-state index contributed by atoms with van der Waals surface area (Å²) in [6.07, 6.45) is 1.79. The zero-order valence-electron chi connectivity index (χ0n) is 9.31. The van der Waals surface area contributed by atoms with E-state index in [-0.39, 0.29) is 6.10 Å². The van der Waals surface area contributed by atoms with Crippen LogP contribution in [0.1, 0.15) is 31.2 Å². The molecule has 0 aromatic heterocycles. The van der Waals surface area contributed by atoms with Crippen molar-refractivity contribution >= 4 is 0 Å². The van der Waals surface area contributed by atoms with Gasteiger partial charge in [0.2, 0.25) is 0 Å². The third kappa shape index (κ3) is 1.74. The maximum Gasteiger partial charge on any atom is 0.122 e. The first-order valence-electron chi connectivity index (χ1n) is 5.59. The van der Waals surface area contributed by atoms with Crippen LogP contribution in [-0.4, -0.2) is 18.3 Å². The van der Waals surface area contributed by atoms with E-state index in [1.54, 1.807) is 7.11 Å². The zero-order valence-corrected chi connectivity index (χ0v) is 9.31. The molecule has 0 heterocycles. The summed E-state index contributed by atoms with van der Waals surface area (Å²) in [5, 5.41) is 9.66. The molecule has 1 saturated carbocycles. The summed E-state index contributed by atoms with van der Waals surface area (Å²) in [7, 11) is 1.70. The van der Waals surface area contributed by atoms with E-state index in [4.69, 9.17) is 4.74 Å². The number of methoxy groups -OCH3 is 1. The lowest BCUT2D eigenvalue weighted by molar-refractivity contribution is -0.00141. The Morgan fingerprint density at radius 3 is 2.73 bits per heavy atom. The Morgan fingerprint density at radius 2 is 2.13 bits per heavy atom. The molecule has 3 unspecified atom stereocenters. The van der Waals surface area contributed by atoms with Gasteiger partial charge in [-0.25, -0.2) is 0 Å². The Hall–Kier alpha value is -1.02. The standard InChI is InChI=1S/C13H18O2/c1-3-9-11(8-12(9)14)10-6-4-5-7-13(10)15-2/h4-7,9,11-12,14H,3,8H2,1-2H3. The van der Waals surface area contributed by atoms with Crippen molar-refractivity contribution in [3.8, 4) is 5.75 Å². The molecule has 1 N–H and O–H groups in total. The predicted octanol–water partition coefficient (Wildman–Crippen LogP) is 2.57. The van der Waals surface area contributed by atoms with E-state index in [0.717, 1.165) is 18.6 Å². The summed E-state index contributed by atoms with van der Waals surface area (Å²) in [5.41, 5.74) is 1.25. The molecule has 1 aliphatic rings. The molecule has 0 spiro atoms. The van der Waals surface area contributed by atoms with Gasteiger partial charge in [-0.3, -0.25) is 0 Å². The Bertz CT molecular complexity index is 335. The summed E-state index contributed by atoms with van der Waals surface area (Å²) in [5.74, 6) is 1.83. The third-order valence-corrected chi connectivity index (χ3v) is 3.52. The average Bonchev–Trinajstić information content (AvgIpc) is 2.26. The number of rotatable bonds is 3. The molecule has 2 heteroatoms. The molecule has 3 atom stereocenters. The van der Waals surface area contributed by atoms with Crippen molar-refractivity contribution in [2.45, 2.75) is 31.8 Å². The van der Waals surface area contributed by atoms with Crippen LogP contribution in [0.5, 0.6) is 5.75 Å². The first-order valence-corrected chi connectivity index (χ1v) is 5.59. The van der Waals surface area contributed by atoms with Gasteiger partial charge in [-0.15, -0.1) is 0 Å². The molecule has 1 fully saturated rings. The second-order valence-corrected chi connectivity index (χ2v) is 4.22. The third-order valence-electron chi connectivity index (χ3n) is 3.52. The van der Waals surface area contributed by atoms with Crippen LogP contribution in [0.3, 0.4) is 0 Å². The van der Waals surface area contributed by atoms with Crippen LogP contribution in [0.4, 0.5) is 0 Å². The lowest BCUT2D eigenvalue weighted by atomic mass is 9.66. The lowest BCUT2D eigenvalue weighted by Gasteiger charge is -2.42. The number of benzene rings is 1. The van der Waals surface area contributed by atoms with Crippen LogP contribution in [0.25, 0.3) is 0 Å². The van der Waals surface area contributed by atoms with Gasteiger partial charge in [-0.05, 0) is 29.9 Å². The fraction of sp³-hybridized carbons (Fsp3) is 0.538. The van der Waals surface area contributed by atoms with Crippen LogP contribution in [-0.2, 0) is 0 Å². The maximum atomic E-state index is 9.66. The number of aliphatic hydroxyl groups excluding tert-OH is 1. The van der Waals surface area contributed by atoms with E-state index >= 15 is 0 Å². The van der Waals surface area contributed by atoms with E-state index in [9.17, 15) is 5.11 Å². The van der Waals surface area contributed by atoms with Gasteiger partial charge in [-0.1, -0.05) is 31.5 Å². The Morgan fingerprint density at radius 1 is 1.40 bits per heavy atom. The van der Waals surface area contributed by atoms with Crippen LogP contribution < -0.4 is 4.74 Å². The molecule has 0 amide bonds. The lowest BCUT2D eigenvalue weighted by Crippen LogP contribution is -2.39. The molecule has 0 radical (unpaired) electrons. The van der Waals surface area contributed by atoms with Crippen LogP contribution in [0, 0.1) is 5.92 Å². The SMILES string of the molecule is CCC1C(O)CC1c1ccccc1OC. The molecule has 1 aliphatic carbocycles. The van der Waals surface area contributed by atoms with Crippen molar-refractivity contribution in [3.63, 3.8) is 0 Å². The number of ether oxygens (including phenoxy) is 1. The molecule has 15 heavy (non-hydrogen) atoms. The van der Waals surface area contributed by atoms with Gasteiger partial charge in [0.25, 0.3) is 0 Å². The van der Waals surface area contributed by atoms with Crippen molar-refractivity contribution in [3.05, 3.63) is 29.8 Å². The van der Waals surface area contributed by atoms with Crippen molar-refractivity contribution in [1.29, 1.82) is 0 Å². The van der Waals surface area contributed by atoms with E-state index < -0.39 is 0 Å². The van der Waals surface area contributed by atoms with Gasteiger partial charge in [0.05, 0.1) is 13.2 Å². The molecule has 2 rings (SSSR count). The summed E-state index contributed by atoms with van der Waals surface area (Å²) in [4.78, 5) is 0. The molecule has 1 aromatic rings. The minimum Gasteiger partial charge on any atom is -0.496 e. The highest BCUT2D eigenvalue weighted by Gasteiger charge is 2.40. The number of hydrogen-bond acceptors (Lipinski definition) is 2. The van der Waals surface area contributed by atoms with Crippen molar-refractivity contribution in [2.24, 2.45) is 5.92 Å². The minimum absolute atomic E-state index is 0.120. The van der Waals surface area contributed by atoms with Gasteiger partial charge >= 0.3 is 0 Å². The quantitative estimate of drug-likeness (QED) is 0.823. The van der Waals surface area contributed by atoms with E-state index in [2.05, 4.69) is 13.0 Å². The monoisotopic (exact) mass is 206 g/mol. The first kappa shape index (κ1) is 10.5. The van der Waals surface area contributed by atoms with Crippen LogP contribution in [0.15, 0.2) is 24.3 Å². The Labute approximate surface area is 90.9 Å². The van der Waals surface area contributed by atoms with Crippen LogP contribution in [0.2, 0.25) is 0 Å². The fourth-order valence-electron chi connectivity index (χ4n) is 2.57. The van der Waals surface area contributed by atoms with E-state index in [0.29, 0.717) is 11.8 Å². The molecular weight excluding hydrogens is 188 g/mol. The van der Waals surface area contributed by atoms with Gasteiger partial charge in [-0.2, -0.15) is 0 Å². The fourth-order valence-corrected chi connectivity index (χ4v) is 2.57. The topological polar surface area (TPSA) is 29.5 Å². The first-order chi connectivity index (χ1) is 7.27. The summed E-state index contributed by atoms with van der Waals surface area (Å²) in [6.45, 7) is 2.13. The summed E-state index contributed by atoms with van der Waals surface area (Å²) >= 11 is 0. The van der Waals surface area contributed by atoms with Gasteiger partial charge in [0.15, 0.2) is 0 Å². The highest BCUT2D eigenvalue weighted by molar-refractivity contribution is 5.38. The minimum atomic E-state index is -0.120.